The van der Waals surface area contributed by atoms with E-state index in [-0.39, 0.29) is 17.0 Å². The van der Waals surface area contributed by atoms with E-state index < -0.39 is 16.8 Å². The van der Waals surface area contributed by atoms with Crippen LogP contribution in [0.2, 0.25) is 0 Å². The monoisotopic (exact) mass is 419 g/mol. The Morgan fingerprint density at radius 2 is 1.74 bits per heavy atom. The van der Waals surface area contributed by atoms with Crippen molar-refractivity contribution in [3.05, 3.63) is 99.6 Å². The van der Waals surface area contributed by atoms with Gasteiger partial charge in [0.1, 0.15) is 11.5 Å². The molecule has 0 aromatic heterocycles. The van der Waals surface area contributed by atoms with Crippen molar-refractivity contribution < 1.29 is 24.0 Å². The number of carbonyl (C=O) groups excluding carboxylic acids is 2. The summed E-state index contributed by atoms with van der Waals surface area (Å²) in [7, 11) is 1.53. The molecule has 31 heavy (non-hydrogen) atoms. The number of methoxy groups -OCH3 is 1. The van der Waals surface area contributed by atoms with Gasteiger partial charge >= 0.3 is 5.97 Å². The molecule has 0 atom stereocenters. The van der Waals surface area contributed by atoms with Gasteiger partial charge in [0.2, 0.25) is 0 Å². The van der Waals surface area contributed by atoms with E-state index in [4.69, 9.17) is 9.47 Å². The van der Waals surface area contributed by atoms with Crippen LogP contribution >= 0.6 is 0 Å². The number of carbonyl (C=O) groups is 2. The molecule has 1 N–H and O–H groups in total. The Bertz CT molecular complexity index is 1140. The smallest absolute Gasteiger partial charge is 0.343 e. The molecule has 0 unspecified atom stereocenters. The standard InChI is InChI=1S/C22H17N3O6/c1-30-19-11-9-15(10-12-19)22(27)31-20-8-3-2-5-17(20)14-23-24-21(26)16-6-4-7-18(13-16)25(28)29/h2-14H,1H3,(H,24,26)/b23-14+. The lowest BCUT2D eigenvalue weighted by atomic mass is 10.2. The van der Waals surface area contributed by atoms with E-state index in [0.29, 0.717) is 16.9 Å². The first-order valence-electron chi connectivity index (χ1n) is 9.01. The van der Waals surface area contributed by atoms with Crippen LogP contribution in [0, 0.1) is 10.1 Å². The van der Waals surface area contributed by atoms with Crippen molar-refractivity contribution in [2.45, 2.75) is 0 Å². The summed E-state index contributed by atoms with van der Waals surface area (Å²) in [6.45, 7) is 0. The minimum absolute atomic E-state index is 0.0885. The predicted molar refractivity (Wildman–Crippen MR) is 113 cm³/mol. The zero-order chi connectivity index (χ0) is 22.2. The van der Waals surface area contributed by atoms with Crippen LogP contribution in [-0.4, -0.2) is 30.1 Å². The van der Waals surface area contributed by atoms with E-state index >= 15 is 0 Å². The lowest BCUT2D eigenvalue weighted by Crippen LogP contribution is -2.17. The normalized spacial score (nSPS) is 10.5. The maximum absolute atomic E-state index is 12.4. The summed E-state index contributed by atoms with van der Waals surface area (Å²) >= 11 is 0. The number of amides is 1. The summed E-state index contributed by atoms with van der Waals surface area (Å²) < 4.78 is 10.5. The van der Waals surface area contributed by atoms with E-state index in [2.05, 4.69) is 10.5 Å². The topological polar surface area (TPSA) is 120 Å². The Kier molecular flexibility index (Phi) is 6.69. The second-order valence-corrected chi connectivity index (χ2v) is 6.16. The summed E-state index contributed by atoms with van der Waals surface area (Å²) in [6.07, 6.45) is 1.31. The number of rotatable bonds is 7. The molecule has 3 aromatic carbocycles. The number of non-ortho nitro benzene ring substituents is 1. The van der Waals surface area contributed by atoms with Crippen LogP contribution < -0.4 is 14.9 Å². The molecular weight excluding hydrogens is 402 g/mol. The van der Waals surface area contributed by atoms with Gasteiger partial charge in [-0.05, 0) is 42.5 Å². The number of nitrogens with one attached hydrogen (secondary N) is 1. The highest BCUT2D eigenvalue weighted by atomic mass is 16.6. The van der Waals surface area contributed by atoms with E-state index in [9.17, 15) is 19.7 Å². The lowest BCUT2D eigenvalue weighted by Gasteiger charge is -2.08. The van der Waals surface area contributed by atoms with Crippen molar-refractivity contribution in [1.29, 1.82) is 0 Å². The highest BCUT2D eigenvalue weighted by Crippen LogP contribution is 2.19. The largest absolute Gasteiger partial charge is 0.497 e. The van der Waals surface area contributed by atoms with Gasteiger partial charge in [0.15, 0.2) is 0 Å². The van der Waals surface area contributed by atoms with Crippen LogP contribution in [0.25, 0.3) is 0 Å². The van der Waals surface area contributed by atoms with Gasteiger partial charge in [-0.15, -0.1) is 0 Å². The zero-order valence-electron chi connectivity index (χ0n) is 16.3. The second-order valence-electron chi connectivity index (χ2n) is 6.16. The molecule has 1 amide bonds. The number of hydrogen-bond donors (Lipinski definition) is 1. The van der Waals surface area contributed by atoms with Crippen LogP contribution in [0.4, 0.5) is 5.69 Å². The third kappa shape index (κ3) is 5.51. The first kappa shape index (κ1) is 21.2. The average Bonchev–Trinajstić information content (AvgIpc) is 2.80. The quantitative estimate of drug-likeness (QED) is 0.205. The van der Waals surface area contributed by atoms with Crippen LogP contribution in [0.3, 0.4) is 0 Å². The van der Waals surface area contributed by atoms with Crippen molar-refractivity contribution in [1.82, 2.24) is 5.43 Å². The molecule has 3 rings (SSSR count). The number of para-hydroxylation sites is 1. The number of nitro benzene ring substituents is 1. The molecule has 0 saturated carbocycles. The van der Waals surface area contributed by atoms with Crippen LogP contribution in [-0.2, 0) is 0 Å². The van der Waals surface area contributed by atoms with E-state index in [1.165, 1.54) is 31.5 Å². The van der Waals surface area contributed by atoms with Crippen LogP contribution in [0.1, 0.15) is 26.3 Å². The molecule has 0 aliphatic heterocycles. The molecular formula is C22H17N3O6. The minimum atomic E-state index is -0.618. The molecule has 0 fully saturated rings. The molecule has 0 saturated heterocycles. The molecule has 0 spiro atoms. The number of nitro groups is 1. The average molecular weight is 419 g/mol. The Hall–Kier alpha value is -4.53. The molecule has 3 aromatic rings. The fraction of sp³-hybridized carbons (Fsp3) is 0.0455. The van der Waals surface area contributed by atoms with Crippen molar-refractivity contribution in [3.8, 4) is 11.5 Å². The Morgan fingerprint density at radius 3 is 2.45 bits per heavy atom. The number of benzene rings is 3. The minimum Gasteiger partial charge on any atom is -0.497 e. The number of nitrogens with zero attached hydrogens (tertiary/aromatic N) is 2. The molecule has 9 nitrogen and oxygen atoms in total. The molecule has 0 heterocycles. The number of hydrogen-bond acceptors (Lipinski definition) is 7. The van der Waals surface area contributed by atoms with Gasteiger partial charge in [-0.25, -0.2) is 10.2 Å². The predicted octanol–water partition coefficient (Wildman–Crippen LogP) is 3.59. The Labute approximate surface area is 177 Å². The van der Waals surface area contributed by atoms with Crippen molar-refractivity contribution in [3.63, 3.8) is 0 Å². The van der Waals surface area contributed by atoms with Gasteiger partial charge in [-0.3, -0.25) is 14.9 Å². The van der Waals surface area contributed by atoms with Gasteiger partial charge in [0.05, 0.1) is 23.8 Å². The van der Waals surface area contributed by atoms with Crippen molar-refractivity contribution in [2.75, 3.05) is 7.11 Å². The third-order valence-electron chi connectivity index (χ3n) is 4.14. The molecule has 0 bridgehead atoms. The van der Waals surface area contributed by atoms with Crippen molar-refractivity contribution in [2.24, 2.45) is 5.10 Å². The Balaban J connectivity index is 1.69. The highest BCUT2D eigenvalue weighted by Gasteiger charge is 2.12. The summed E-state index contributed by atoms with van der Waals surface area (Å²) in [5.41, 5.74) is 2.97. The van der Waals surface area contributed by atoms with E-state index in [1.54, 1.807) is 48.5 Å². The summed E-state index contributed by atoms with van der Waals surface area (Å²) in [5.74, 6) is -0.322. The lowest BCUT2D eigenvalue weighted by molar-refractivity contribution is -0.384. The fourth-order valence-corrected chi connectivity index (χ4v) is 2.55. The Morgan fingerprint density at radius 1 is 1.00 bits per heavy atom. The molecule has 0 aliphatic rings. The van der Waals surface area contributed by atoms with Gasteiger partial charge in [-0.2, -0.15) is 5.10 Å². The molecule has 9 heteroatoms. The van der Waals surface area contributed by atoms with Gasteiger partial charge in [0, 0.05) is 23.3 Å². The third-order valence-corrected chi connectivity index (χ3v) is 4.14. The van der Waals surface area contributed by atoms with Crippen LogP contribution in [0.15, 0.2) is 77.9 Å². The first-order chi connectivity index (χ1) is 15.0. The van der Waals surface area contributed by atoms with Gasteiger partial charge in [0.25, 0.3) is 11.6 Å². The molecule has 0 radical (unpaired) electrons. The van der Waals surface area contributed by atoms with Gasteiger partial charge < -0.3 is 9.47 Å². The summed E-state index contributed by atoms with van der Waals surface area (Å²) in [6, 6.07) is 18.4. The van der Waals surface area contributed by atoms with Gasteiger partial charge in [-0.1, -0.05) is 18.2 Å². The fourth-order valence-electron chi connectivity index (χ4n) is 2.55. The second kappa shape index (κ2) is 9.79. The maximum atomic E-state index is 12.4. The first-order valence-corrected chi connectivity index (χ1v) is 9.01. The number of ether oxygens (including phenoxy) is 2. The summed E-state index contributed by atoms with van der Waals surface area (Å²) in [4.78, 5) is 34.8. The maximum Gasteiger partial charge on any atom is 0.343 e. The van der Waals surface area contributed by atoms with Crippen LogP contribution in [0.5, 0.6) is 11.5 Å². The number of hydrazone groups is 1. The SMILES string of the molecule is COc1ccc(C(=O)Oc2ccccc2/C=N/NC(=O)c2cccc([N+](=O)[O-])c2)cc1. The number of esters is 1. The summed E-state index contributed by atoms with van der Waals surface area (Å²) in [5, 5.41) is 14.7. The van der Waals surface area contributed by atoms with E-state index in [1.807, 2.05) is 0 Å². The van der Waals surface area contributed by atoms with E-state index in [0.717, 1.165) is 6.07 Å². The highest BCUT2D eigenvalue weighted by molar-refractivity contribution is 5.96. The molecule has 156 valence electrons. The van der Waals surface area contributed by atoms with Crippen molar-refractivity contribution >= 4 is 23.8 Å². The zero-order valence-corrected chi connectivity index (χ0v) is 16.3. The molecule has 0 aliphatic carbocycles.